The molecule has 0 aromatic rings. The van der Waals surface area contributed by atoms with E-state index in [0.29, 0.717) is 19.3 Å². The Labute approximate surface area is 456 Å². The van der Waals surface area contributed by atoms with Crippen LogP contribution in [0.1, 0.15) is 271 Å². The lowest BCUT2D eigenvalue weighted by Gasteiger charge is -2.18. The largest absolute Gasteiger partial charge is 0.462 e. The molecule has 0 aromatic heterocycles. The van der Waals surface area contributed by atoms with Crippen molar-refractivity contribution in [2.75, 3.05) is 13.2 Å². The fourth-order valence-electron chi connectivity index (χ4n) is 8.12. The average Bonchev–Trinajstić information content (AvgIpc) is 3.40. The molecule has 0 saturated heterocycles. The van der Waals surface area contributed by atoms with Crippen molar-refractivity contribution in [1.29, 1.82) is 0 Å². The molecular formula is C68H112O6. The van der Waals surface area contributed by atoms with Gasteiger partial charge in [-0.25, -0.2) is 0 Å². The van der Waals surface area contributed by atoms with E-state index in [4.69, 9.17) is 14.2 Å². The Morgan fingerprint density at radius 2 is 0.541 bits per heavy atom. The summed E-state index contributed by atoms with van der Waals surface area (Å²) in [6.45, 7) is 6.46. The van der Waals surface area contributed by atoms with Gasteiger partial charge >= 0.3 is 17.9 Å². The highest BCUT2D eigenvalue weighted by atomic mass is 16.6. The number of carbonyl (C=O) groups is 3. The minimum absolute atomic E-state index is 0.0882. The van der Waals surface area contributed by atoms with Crippen LogP contribution in [0, 0.1) is 0 Å². The van der Waals surface area contributed by atoms with Gasteiger partial charge in [0.1, 0.15) is 13.2 Å². The molecule has 0 heterocycles. The number of allylic oxidation sites excluding steroid dienone is 20. The summed E-state index contributed by atoms with van der Waals surface area (Å²) in [7, 11) is 0. The van der Waals surface area contributed by atoms with Crippen LogP contribution in [0.2, 0.25) is 0 Å². The van der Waals surface area contributed by atoms with Crippen LogP contribution in [0.5, 0.6) is 0 Å². The van der Waals surface area contributed by atoms with Crippen LogP contribution in [0.25, 0.3) is 0 Å². The fourth-order valence-corrected chi connectivity index (χ4v) is 8.12. The summed E-state index contributed by atoms with van der Waals surface area (Å²) < 4.78 is 16.8. The van der Waals surface area contributed by atoms with E-state index in [9.17, 15) is 14.4 Å². The van der Waals surface area contributed by atoms with E-state index in [0.717, 1.165) is 141 Å². The minimum atomic E-state index is -0.789. The molecular weight excluding hydrogens is 913 g/mol. The van der Waals surface area contributed by atoms with Crippen LogP contribution < -0.4 is 0 Å². The molecule has 0 aliphatic carbocycles. The molecule has 1 unspecified atom stereocenters. The van der Waals surface area contributed by atoms with Gasteiger partial charge in [0.15, 0.2) is 6.10 Å². The van der Waals surface area contributed by atoms with Crippen molar-refractivity contribution >= 4 is 17.9 Å². The number of unbranched alkanes of at least 4 members (excludes halogenated alkanes) is 23. The molecule has 0 spiro atoms. The first-order valence-electron chi connectivity index (χ1n) is 30.5. The SMILES string of the molecule is CC/C=C\C/C=C\C/C=C\C/C=C\C/C=C\C/C=C\C/C=C\C/C=C\C/C=C\CCCCCCCC(=O)OCC(COC(=O)CCCCCCC/C=C\CCCC)OC(=O)CCCCCCCCCCCCCC. The van der Waals surface area contributed by atoms with Gasteiger partial charge in [-0.1, -0.05) is 264 Å². The summed E-state index contributed by atoms with van der Waals surface area (Å²) in [5.74, 6) is -0.916. The molecule has 0 rings (SSSR count). The second kappa shape index (κ2) is 61.4. The molecule has 0 aromatic carbocycles. The lowest BCUT2D eigenvalue weighted by molar-refractivity contribution is -0.167. The maximum atomic E-state index is 12.8. The normalized spacial score (nSPS) is 13.0. The Bertz CT molecular complexity index is 1550. The van der Waals surface area contributed by atoms with Gasteiger partial charge in [0.05, 0.1) is 0 Å². The zero-order valence-electron chi connectivity index (χ0n) is 48.1. The van der Waals surface area contributed by atoms with Gasteiger partial charge in [-0.2, -0.15) is 0 Å². The van der Waals surface area contributed by atoms with Gasteiger partial charge in [-0.3, -0.25) is 14.4 Å². The van der Waals surface area contributed by atoms with Crippen LogP contribution in [0.15, 0.2) is 122 Å². The smallest absolute Gasteiger partial charge is 0.306 e. The number of esters is 3. The second-order valence-corrected chi connectivity index (χ2v) is 19.9. The molecule has 74 heavy (non-hydrogen) atoms. The van der Waals surface area contributed by atoms with Crippen molar-refractivity contribution < 1.29 is 28.6 Å². The maximum absolute atomic E-state index is 12.8. The Morgan fingerprint density at radius 3 is 0.878 bits per heavy atom. The summed E-state index contributed by atoms with van der Waals surface area (Å²) in [6.07, 6.45) is 84.9. The van der Waals surface area contributed by atoms with E-state index in [1.807, 2.05) is 0 Å². The van der Waals surface area contributed by atoms with Crippen LogP contribution in [0.4, 0.5) is 0 Å². The van der Waals surface area contributed by atoms with Gasteiger partial charge in [-0.05, 0) is 109 Å². The topological polar surface area (TPSA) is 78.9 Å². The van der Waals surface area contributed by atoms with E-state index in [-0.39, 0.29) is 31.1 Å². The molecule has 0 bridgehead atoms. The summed E-state index contributed by atoms with van der Waals surface area (Å²) in [6, 6.07) is 0. The van der Waals surface area contributed by atoms with Gasteiger partial charge in [0.2, 0.25) is 0 Å². The monoisotopic (exact) mass is 1020 g/mol. The minimum Gasteiger partial charge on any atom is -0.462 e. The highest BCUT2D eigenvalue weighted by Crippen LogP contribution is 2.15. The highest BCUT2D eigenvalue weighted by molar-refractivity contribution is 5.71. The molecule has 0 N–H and O–H groups in total. The van der Waals surface area contributed by atoms with Gasteiger partial charge < -0.3 is 14.2 Å². The molecule has 0 amide bonds. The second-order valence-electron chi connectivity index (χ2n) is 19.9. The lowest BCUT2D eigenvalue weighted by Crippen LogP contribution is -2.30. The Balaban J connectivity index is 4.25. The molecule has 420 valence electrons. The van der Waals surface area contributed by atoms with E-state index < -0.39 is 6.10 Å². The molecule has 0 aliphatic rings. The average molecular weight is 1030 g/mol. The van der Waals surface area contributed by atoms with Crippen molar-refractivity contribution in [3.63, 3.8) is 0 Å². The van der Waals surface area contributed by atoms with Crippen molar-refractivity contribution in [2.45, 2.75) is 277 Å². The van der Waals surface area contributed by atoms with Crippen molar-refractivity contribution in [2.24, 2.45) is 0 Å². The van der Waals surface area contributed by atoms with Crippen LogP contribution in [-0.2, 0) is 28.6 Å². The fraction of sp³-hybridized carbons (Fsp3) is 0.662. The molecule has 6 heteroatoms. The maximum Gasteiger partial charge on any atom is 0.306 e. The van der Waals surface area contributed by atoms with E-state index in [1.54, 1.807) is 0 Å². The third-order valence-electron chi connectivity index (χ3n) is 12.7. The van der Waals surface area contributed by atoms with Crippen LogP contribution >= 0.6 is 0 Å². The van der Waals surface area contributed by atoms with Crippen LogP contribution in [0.3, 0.4) is 0 Å². The Hall–Kier alpha value is -4.19. The summed E-state index contributed by atoms with van der Waals surface area (Å²) in [5.41, 5.74) is 0. The predicted octanol–water partition coefficient (Wildman–Crippen LogP) is 20.8. The third kappa shape index (κ3) is 58.7. The zero-order valence-corrected chi connectivity index (χ0v) is 48.1. The third-order valence-corrected chi connectivity index (χ3v) is 12.7. The first kappa shape index (κ1) is 69.8. The van der Waals surface area contributed by atoms with Crippen molar-refractivity contribution in [3.8, 4) is 0 Å². The molecule has 0 radical (unpaired) electrons. The van der Waals surface area contributed by atoms with Crippen LogP contribution in [-0.4, -0.2) is 37.2 Å². The number of hydrogen-bond donors (Lipinski definition) is 0. The number of carbonyl (C=O) groups excluding carboxylic acids is 3. The standard InChI is InChI=1S/C68H112O6/c1-4-7-10-13-16-19-22-24-25-26-27-28-29-30-31-32-33-34-35-36-37-38-39-40-41-42-43-44-47-49-52-55-58-61-67(70)73-64-65(63-72-66(69)60-57-54-51-48-45-21-18-15-12-9-6-3)74-68(71)62-59-56-53-50-46-23-20-17-14-11-8-5-2/h7,10,15-16,18-19,24-25,27-28,30-31,33-34,36-37,39-40,42-43,65H,4-6,8-9,11-14,17,20-23,26,29,32,35,38,41,44-64H2,1-3H3/b10-7-,18-15-,19-16-,25-24-,28-27-,31-30-,34-33-,37-36-,40-39-,43-42-. The Morgan fingerprint density at radius 1 is 0.284 bits per heavy atom. The molecule has 1 atom stereocenters. The quantitative estimate of drug-likeness (QED) is 0.0261. The summed E-state index contributed by atoms with van der Waals surface area (Å²) >= 11 is 0. The van der Waals surface area contributed by atoms with Crippen molar-refractivity contribution in [3.05, 3.63) is 122 Å². The summed E-state index contributed by atoms with van der Waals surface area (Å²) in [4.78, 5) is 38.1. The molecule has 0 fully saturated rings. The van der Waals surface area contributed by atoms with Gasteiger partial charge in [0, 0.05) is 19.3 Å². The zero-order chi connectivity index (χ0) is 53.6. The van der Waals surface area contributed by atoms with Crippen molar-refractivity contribution in [1.82, 2.24) is 0 Å². The van der Waals surface area contributed by atoms with E-state index in [1.165, 1.54) is 89.9 Å². The molecule has 6 nitrogen and oxygen atoms in total. The highest BCUT2D eigenvalue weighted by Gasteiger charge is 2.19. The number of ether oxygens (including phenoxy) is 3. The Kier molecular flexibility index (Phi) is 57.9. The summed E-state index contributed by atoms with van der Waals surface area (Å²) in [5, 5.41) is 0. The van der Waals surface area contributed by atoms with Gasteiger partial charge in [0.25, 0.3) is 0 Å². The van der Waals surface area contributed by atoms with E-state index in [2.05, 4.69) is 142 Å². The first-order valence-corrected chi connectivity index (χ1v) is 30.5. The molecule has 0 saturated carbocycles. The van der Waals surface area contributed by atoms with E-state index >= 15 is 0 Å². The predicted molar refractivity (Wildman–Crippen MR) is 320 cm³/mol. The lowest BCUT2D eigenvalue weighted by atomic mass is 10.0. The van der Waals surface area contributed by atoms with Gasteiger partial charge in [-0.15, -0.1) is 0 Å². The molecule has 0 aliphatic heterocycles. The first-order chi connectivity index (χ1) is 36.5. The number of hydrogen-bond acceptors (Lipinski definition) is 6. The number of rotatable bonds is 54.